The van der Waals surface area contributed by atoms with Gasteiger partial charge in [0.05, 0.1) is 0 Å². The zero-order chi connectivity index (χ0) is 23.5. The molecule has 0 saturated heterocycles. The zero-order valence-electron chi connectivity index (χ0n) is 21.4. The molecule has 0 bridgehead atoms. The summed E-state index contributed by atoms with van der Waals surface area (Å²) >= 11 is 0. The number of rotatable bonds is 21. The maximum atomic E-state index is 11.4. The van der Waals surface area contributed by atoms with E-state index in [4.69, 9.17) is 0 Å². The van der Waals surface area contributed by atoms with Gasteiger partial charge in [-0.2, -0.15) is 0 Å². The Kier molecular flexibility index (Phi) is 14.9. The standard InChI is InChI=1S/C30H50N2O/c1-2-3-4-5-6-7-8-9-10-11-12-13-14-15-16-20-23-30(33,27-32-25-24-31-28-32)26-29-21-18-17-19-22-29/h17-19,21-22,24-25,28,33H,2-16,20,23,26-27H2,1H3/p+1. The fourth-order valence-corrected chi connectivity index (χ4v) is 4.96. The molecule has 3 nitrogen and oxygen atoms in total. The quantitative estimate of drug-likeness (QED) is 0.146. The van der Waals surface area contributed by atoms with Crippen LogP contribution in [0, 0.1) is 0 Å². The maximum Gasteiger partial charge on any atom is 0.241 e. The average molecular weight is 456 g/mol. The van der Waals surface area contributed by atoms with E-state index in [1.165, 1.54) is 102 Å². The minimum Gasteiger partial charge on any atom is -0.385 e. The number of aromatic nitrogens is 2. The second kappa shape index (κ2) is 17.8. The predicted octanol–water partition coefficient (Wildman–Crippen LogP) is 7.93. The summed E-state index contributed by atoms with van der Waals surface area (Å²) in [5.74, 6) is 0. The molecule has 1 aromatic carbocycles. The van der Waals surface area contributed by atoms with Crippen molar-refractivity contribution in [2.75, 3.05) is 0 Å². The Morgan fingerprint density at radius 3 is 1.73 bits per heavy atom. The summed E-state index contributed by atoms with van der Waals surface area (Å²) in [7, 11) is 0. The highest BCUT2D eigenvalue weighted by Gasteiger charge is 2.29. The molecular formula is C30H51N2O+. The summed E-state index contributed by atoms with van der Waals surface area (Å²) in [6, 6.07) is 10.4. The second-order valence-corrected chi connectivity index (χ2v) is 10.2. The number of imidazole rings is 1. The van der Waals surface area contributed by atoms with E-state index in [2.05, 4.69) is 40.7 Å². The van der Waals surface area contributed by atoms with Crippen LogP contribution in [0.25, 0.3) is 0 Å². The molecule has 3 heteroatoms. The lowest BCUT2D eigenvalue weighted by Crippen LogP contribution is -2.48. The van der Waals surface area contributed by atoms with Gasteiger partial charge in [0.2, 0.25) is 6.33 Å². The van der Waals surface area contributed by atoms with Crippen molar-refractivity contribution in [1.82, 2.24) is 4.98 Å². The second-order valence-electron chi connectivity index (χ2n) is 10.2. The number of hydrogen-bond donors (Lipinski definition) is 2. The third-order valence-electron chi connectivity index (χ3n) is 6.95. The molecular weight excluding hydrogens is 404 g/mol. The van der Waals surface area contributed by atoms with E-state index in [1.54, 1.807) is 0 Å². The first kappa shape index (κ1) is 27.6. The first-order valence-corrected chi connectivity index (χ1v) is 14.0. The molecule has 1 heterocycles. The molecule has 1 aromatic heterocycles. The zero-order valence-corrected chi connectivity index (χ0v) is 21.4. The van der Waals surface area contributed by atoms with E-state index in [0.29, 0.717) is 13.0 Å². The molecule has 0 radical (unpaired) electrons. The van der Waals surface area contributed by atoms with Crippen molar-refractivity contribution in [3.05, 3.63) is 54.6 Å². The van der Waals surface area contributed by atoms with Gasteiger partial charge >= 0.3 is 0 Å². The summed E-state index contributed by atoms with van der Waals surface area (Å²) in [6.45, 7) is 2.93. The molecule has 1 unspecified atom stereocenters. The Labute approximate surface area is 204 Å². The molecule has 0 aliphatic carbocycles. The van der Waals surface area contributed by atoms with Crippen LogP contribution in [-0.2, 0) is 13.0 Å². The van der Waals surface area contributed by atoms with Gasteiger partial charge in [0.1, 0.15) is 24.5 Å². The van der Waals surface area contributed by atoms with E-state index in [-0.39, 0.29) is 0 Å². The van der Waals surface area contributed by atoms with Crippen LogP contribution in [-0.4, -0.2) is 15.7 Å². The summed E-state index contributed by atoms with van der Waals surface area (Å²) in [4.78, 5) is 3.09. The highest BCUT2D eigenvalue weighted by atomic mass is 16.3. The van der Waals surface area contributed by atoms with Crippen molar-refractivity contribution >= 4 is 0 Å². The van der Waals surface area contributed by atoms with Crippen LogP contribution in [0.2, 0.25) is 0 Å². The van der Waals surface area contributed by atoms with Crippen molar-refractivity contribution < 1.29 is 9.67 Å². The molecule has 2 aromatic rings. The van der Waals surface area contributed by atoms with Crippen LogP contribution < -0.4 is 4.57 Å². The molecule has 33 heavy (non-hydrogen) atoms. The van der Waals surface area contributed by atoms with Crippen molar-refractivity contribution in [3.63, 3.8) is 0 Å². The summed E-state index contributed by atoms with van der Waals surface area (Å²) in [5.41, 5.74) is 0.525. The van der Waals surface area contributed by atoms with Gasteiger partial charge in [0.15, 0.2) is 0 Å². The number of benzene rings is 1. The van der Waals surface area contributed by atoms with E-state index in [1.807, 2.05) is 24.8 Å². The van der Waals surface area contributed by atoms with E-state index in [9.17, 15) is 5.11 Å². The molecule has 0 aliphatic rings. The fourth-order valence-electron chi connectivity index (χ4n) is 4.96. The SMILES string of the molecule is CCCCCCCCCCCCCCCCCCC(O)(Cc1ccccc1)C[n+]1cc[nH]c1. The van der Waals surface area contributed by atoms with Gasteiger partial charge in [0.25, 0.3) is 0 Å². The van der Waals surface area contributed by atoms with Crippen molar-refractivity contribution in [2.45, 2.75) is 135 Å². The van der Waals surface area contributed by atoms with Crippen molar-refractivity contribution in [2.24, 2.45) is 0 Å². The van der Waals surface area contributed by atoms with Crippen molar-refractivity contribution in [1.29, 1.82) is 0 Å². The predicted molar refractivity (Wildman–Crippen MR) is 140 cm³/mol. The van der Waals surface area contributed by atoms with Crippen LogP contribution in [0.1, 0.15) is 122 Å². The third kappa shape index (κ3) is 13.6. The van der Waals surface area contributed by atoms with Crippen LogP contribution in [0.15, 0.2) is 49.1 Å². The lowest BCUT2D eigenvalue weighted by Gasteiger charge is -2.26. The van der Waals surface area contributed by atoms with Crippen molar-refractivity contribution in [3.8, 4) is 0 Å². The minimum absolute atomic E-state index is 0.643. The van der Waals surface area contributed by atoms with Gasteiger partial charge in [-0.05, 0) is 12.0 Å². The number of hydrogen-bond acceptors (Lipinski definition) is 1. The van der Waals surface area contributed by atoms with Crippen LogP contribution >= 0.6 is 0 Å². The van der Waals surface area contributed by atoms with Gasteiger partial charge in [0, 0.05) is 6.42 Å². The Hall–Kier alpha value is -1.61. The Balaban J connectivity index is 1.49. The summed E-state index contributed by atoms with van der Waals surface area (Å²) in [6.07, 6.45) is 29.5. The first-order valence-electron chi connectivity index (χ1n) is 14.0. The highest BCUT2D eigenvalue weighted by molar-refractivity contribution is 5.16. The number of nitrogens with one attached hydrogen (secondary N) is 1. The molecule has 0 fully saturated rings. The maximum absolute atomic E-state index is 11.4. The monoisotopic (exact) mass is 455 g/mol. The molecule has 0 saturated carbocycles. The Bertz CT molecular complexity index is 670. The van der Waals surface area contributed by atoms with E-state index < -0.39 is 5.60 Å². The molecule has 1 atom stereocenters. The van der Waals surface area contributed by atoms with Gasteiger partial charge in [-0.3, -0.25) is 4.98 Å². The lowest BCUT2D eigenvalue weighted by molar-refractivity contribution is -0.709. The lowest BCUT2D eigenvalue weighted by atomic mass is 9.88. The number of aromatic amines is 1. The van der Waals surface area contributed by atoms with Gasteiger partial charge in [-0.25, -0.2) is 4.57 Å². The molecule has 186 valence electrons. The number of H-pyrrole nitrogens is 1. The van der Waals surface area contributed by atoms with Crippen LogP contribution in [0.4, 0.5) is 0 Å². The highest BCUT2D eigenvalue weighted by Crippen LogP contribution is 2.22. The van der Waals surface area contributed by atoms with Crippen LogP contribution in [0.3, 0.4) is 0 Å². The van der Waals surface area contributed by atoms with E-state index >= 15 is 0 Å². The smallest absolute Gasteiger partial charge is 0.241 e. The Morgan fingerprint density at radius 2 is 1.24 bits per heavy atom. The molecule has 2 rings (SSSR count). The topological polar surface area (TPSA) is 39.9 Å². The Morgan fingerprint density at radius 1 is 0.727 bits per heavy atom. The average Bonchev–Trinajstić information content (AvgIpc) is 3.32. The summed E-state index contributed by atoms with van der Waals surface area (Å²) in [5, 5.41) is 11.4. The van der Waals surface area contributed by atoms with E-state index in [0.717, 1.165) is 12.8 Å². The minimum atomic E-state index is -0.690. The fraction of sp³-hybridized carbons (Fsp3) is 0.700. The van der Waals surface area contributed by atoms with Gasteiger partial charge in [-0.15, -0.1) is 0 Å². The number of unbranched alkanes of at least 4 members (excludes halogenated alkanes) is 15. The normalized spacial score (nSPS) is 13.3. The van der Waals surface area contributed by atoms with Gasteiger partial charge in [-0.1, -0.05) is 140 Å². The number of nitrogens with zero attached hydrogens (tertiary/aromatic N) is 1. The molecule has 0 spiro atoms. The van der Waals surface area contributed by atoms with Gasteiger partial charge < -0.3 is 5.11 Å². The first-order chi connectivity index (χ1) is 16.2. The number of aliphatic hydroxyl groups is 1. The summed E-state index contributed by atoms with van der Waals surface area (Å²) < 4.78 is 2.06. The third-order valence-corrected chi connectivity index (χ3v) is 6.95. The molecule has 0 amide bonds. The largest absolute Gasteiger partial charge is 0.385 e. The van der Waals surface area contributed by atoms with Crippen LogP contribution in [0.5, 0.6) is 0 Å². The molecule has 2 N–H and O–H groups in total. The molecule has 0 aliphatic heterocycles.